The summed E-state index contributed by atoms with van der Waals surface area (Å²) in [4.78, 5) is 49.7. The van der Waals surface area contributed by atoms with Gasteiger partial charge in [0.15, 0.2) is 0 Å². The average molecular weight is 423 g/mol. The molecule has 3 rings (SSSR count). The Bertz CT molecular complexity index is 893. The van der Waals surface area contributed by atoms with E-state index in [9.17, 15) is 19.2 Å². The molecule has 1 saturated heterocycles. The van der Waals surface area contributed by atoms with Crippen LogP contribution in [-0.4, -0.2) is 46.9 Å². The van der Waals surface area contributed by atoms with Gasteiger partial charge < -0.3 is 21.1 Å². The van der Waals surface area contributed by atoms with E-state index in [4.69, 9.17) is 5.11 Å². The first-order valence-electron chi connectivity index (χ1n) is 10.1. The molecule has 0 aliphatic carbocycles. The Hall–Kier alpha value is -3.68. The molecular weight excluding hydrogens is 398 g/mol. The Kier molecular flexibility index (Phi) is 7.37. The van der Waals surface area contributed by atoms with Gasteiger partial charge in [0.25, 0.3) is 0 Å². The first kappa shape index (κ1) is 22.0. The number of aliphatic carboxylic acids is 1. The van der Waals surface area contributed by atoms with E-state index >= 15 is 0 Å². The molecule has 0 unspecified atom stereocenters. The Balaban J connectivity index is 1.86. The summed E-state index contributed by atoms with van der Waals surface area (Å²) in [6.45, 7) is 0. The number of carbonyl (C=O) groups is 4. The van der Waals surface area contributed by atoms with Gasteiger partial charge in [-0.15, -0.1) is 0 Å². The number of benzene rings is 2. The van der Waals surface area contributed by atoms with Gasteiger partial charge in [-0.25, -0.2) is 0 Å². The fourth-order valence-electron chi connectivity index (χ4n) is 3.47. The number of amides is 3. The van der Waals surface area contributed by atoms with E-state index in [0.29, 0.717) is 0 Å². The summed E-state index contributed by atoms with van der Waals surface area (Å²) in [5.74, 6) is -2.64. The van der Waals surface area contributed by atoms with Crippen LogP contribution in [-0.2, 0) is 32.0 Å². The number of hydrogen-bond acceptors (Lipinski definition) is 4. The van der Waals surface area contributed by atoms with Crippen LogP contribution in [0.25, 0.3) is 0 Å². The van der Waals surface area contributed by atoms with Gasteiger partial charge in [-0.1, -0.05) is 60.7 Å². The molecule has 1 heterocycles. The van der Waals surface area contributed by atoms with Gasteiger partial charge in [-0.3, -0.25) is 19.2 Å². The zero-order valence-corrected chi connectivity index (χ0v) is 16.9. The van der Waals surface area contributed by atoms with Crippen molar-refractivity contribution in [3.8, 4) is 0 Å². The molecule has 0 spiro atoms. The second-order valence-corrected chi connectivity index (χ2v) is 7.50. The van der Waals surface area contributed by atoms with E-state index in [2.05, 4.69) is 16.0 Å². The number of rotatable bonds is 7. The van der Waals surface area contributed by atoms with Crippen molar-refractivity contribution < 1.29 is 24.3 Å². The van der Waals surface area contributed by atoms with Gasteiger partial charge in [0.1, 0.15) is 18.1 Å². The lowest BCUT2D eigenvalue weighted by molar-refractivity contribution is -0.138. The van der Waals surface area contributed by atoms with Crippen molar-refractivity contribution in [2.24, 2.45) is 0 Å². The second kappa shape index (κ2) is 10.4. The van der Waals surface area contributed by atoms with Crippen molar-refractivity contribution in [3.05, 3.63) is 71.8 Å². The molecule has 2 aromatic rings. The summed E-state index contributed by atoms with van der Waals surface area (Å²) in [7, 11) is 0. The summed E-state index contributed by atoms with van der Waals surface area (Å²) in [5, 5.41) is 17.0. The van der Waals surface area contributed by atoms with Crippen LogP contribution < -0.4 is 16.0 Å². The van der Waals surface area contributed by atoms with E-state index in [0.717, 1.165) is 11.1 Å². The molecule has 1 aliphatic heterocycles. The molecule has 8 heteroatoms. The minimum absolute atomic E-state index is 0.0722. The molecule has 162 valence electrons. The molecule has 0 aromatic heterocycles. The first-order chi connectivity index (χ1) is 14.9. The third-order valence-corrected chi connectivity index (χ3v) is 5.11. The van der Waals surface area contributed by atoms with Gasteiger partial charge in [0, 0.05) is 19.3 Å². The Labute approximate surface area is 180 Å². The molecule has 0 saturated carbocycles. The normalized spacial score (nSPS) is 21.7. The molecule has 31 heavy (non-hydrogen) atoms. The Morgan fingerprint density at radius 1 is 0.677 bits per heavy atom. The lowest BCUT2D eigenvalue weighted by Gasteiger charge is -2.20. The molecule has 0 radical (unpaired) electrons. The van der Waals surface area contributed by atoms with Crippen LogP contribution in [0.1, 0.15) is 24.0 Å². The van der Waals surface area contributed by atoms with Crippen molar-refractivity contribution in [1.82, 2.24) is 16.0 Å². The molecule has 3 amide bonds. The van der Waals surface area contributed by atoms with Gasteiger partial charge in [0.05, 0.1) is 0 Å². The maximum atomic E-state index is 13.0. The highest BCUT2D eigenvalue weighted by Gasteiger charge is 2.34. The van der Waals surface area contributed by atoms with Crippen molar-refractivity contribution in [2.75, 3.05) is 0 Å². The summed E-state index contributed by atoms with van der Waals surface area (Å²) in [5.41, 5.74) is 1.70. The van der Waals surface area contributed by atoms with Crippen LogP contribution in [0.3, 0.4) is 0 Å². The average Bonchev–Trinajstić information content (AvgIpc) is 2.79. The van der Waals surface area contributed by atoms with Crippen molar-refractivity contribution in [3.63, 3.8) is 0 Å². The Morgan fingerprint density at radius 2 is 1.06 bits per heavy atom. The number of nitrogens with one attached hydrogen (secondary N) is 3. The molecule has 4 N–H and O–H groups in total. The predicted octanol–water partition coefficient (Wildman–Crippen LogP) is 0.805. The fourth-order valence-corrected chi connectivity index (χ4v) is 3.47. The number of carboxylic acid groups (broad SMARTS) is 1. The summed E-state index contributed by atoms with van der Waals surface area (Å²) < 4.78 is 0. The SMILES string of the molecule is O=C(O)CC[C@@H]1NC(=O)[C@H](Cc2ccccc2)NC(=O)[C@H](Cc2ccccc2)NC1=O. The minimum atomic E-state index is -1.07. The van der Waals surface area contributed by atoms with E-state index in [1.54, 1.807) is 0 Å². The number of hydrogen-bond donors (Lipinski definition) is 4. The molecule has 1 aliphatic rings. The van der Waals surface area contributed by atoms with Crippen molar-refractivity contribution in [1.29, 1.82) is 0 Å². The molecule has 3 atom stereocenters. The van der Waals surface area contributed by atoms with Crippen LogP contribution in [0.15, 0.2) is 60.7 Å². The fraction of sp³-hybridized carbons (Fsp3) is 0.304. The smallest absolute Gasteiger partial charge is 0.303 e. The van der Waals surface area contributed by atoms with Crippen molar-refractivity contribution in [2.45, 2.75) is 43.8 Å². The van der Waals surface area contributed by atoms with Crippen molar-refractivity contribution >= 4 is 23.7 Å². The standard InChI is InChI=1S/C23H25N3O5/c27-20(28)12-11-17-21(29)25-19(14-16-9-5-2-6-10-16)23(31)26-18(22(30)24-17)13-15-7-3-1-4-8-15/h1-10,17-19H,11-14H2,(H,24,30)(H,25,29)(H,26,31)(H,27,28)/t17-,18-,19-/m0/s1. The van der Waals surface area contributed by atoms with Gasteiger partial charge in [-0.2, -0.15) is 0 Å². The number of carbonyl (C=O) groups excluding carboxylic acids is 3. The highest BCUT2D eigenvalue weighted by atomic mass is 16.4. The van der Waals surface area contributed by atoms with Gasteiger partial charge in [-0.05, 0) is 17.5 Å². The minimum Gasteiger partial charge on any atom is -0.481 e. The predicted molar refractivity (Wildman–Crippen MR) is 113 cm³/mol. The zero-order valence-electron chi connectivity index (χ0n) is 16.9. The highest BCUT2D eigenvalue weighted by Crippen LogP contribution is 2.10. The lowest BCUT2D eigenvalue weighted by Crippen LogP contribution is -2.52. The van der Waals surface area contributed by atoms with Crippen LogP contribution in [0, 0.1) is 0 Å². The lowest BCUT2D eigenvalue weighted by atomic mass is 10.0. The maximum absolute atomic E-state index is 13.0. The molecular formula is C23H25N3O5. The molecule has 0 bridgehead atoms. The van der Waals surface area contributed by atoms with Crippen LogP contribution in [0.2, 0.25) is 0 Å². The van der Waals surface area contributed by atoms with E-state index < -0.39 is 41.8 Å². The first-order valence-corrected chi connectivity index (χ1v) is 10.1. The monoisotopic (exact) mass is 423 g/mol. The summed E-state index contributed by atoms with van der Waals surface area (Å²) >= 11 is 0. The summed E-state index contributed by atoms with van der Waals surface area (Å²) in [6.07, 6.45) is 0.135. The molecule has 8 nitrogen and oxygen atoms in total. The van der Waals surface area contributed by atoms with E-state index in [1.807, 2.05) is 60.7 Å². The quantitative estimate of drug-likeness (QED) is 0.525. The van der Waals surface area contributed by atoms with Crippen LogP contribution in [0.5, 0.6) is 0 Å². The third kappa shape index (κ3) is 6.40. The largest absolute Gasteiger partial charge is 0.481 e. The second-order valence-electron chi connectivity index (χ2n) is 7.50. The summed E-state index contributed by atoms with van der Waals surface area (Å²) in [6, 6.07) is 15.6. The maximum Gasteiger partial charge on any atom is 0.303 e. The van der Waals surface area contributed by atoms with Crippen LogP contribution >= 0.6 is 0 Å². The number of carboxylic acids is 1. The van der Waals surface area contributed by atoms with E-state index in [1.165, 1.54) is 0 Å². The Morgan fingerprint density at radius 3 is 1.48 bits per heavy atom. The topological polar surface area (TPSA) is 125 Å². The third-order valence-electron chi connectivity index (χ3n) is 5.11. The molecule has 1 fully saturated rings. The van der Waals surface area contributed by atoms with Gasteiger partial charge >= 0.3 is 5.97 Å². The zero-order chi connectivity index (χ0) is 22.2. The van der Waals surface area contributed by atoms with Crippen LogP contribution in [0.4, 0.5) is 0 Å². The highest BCUT2D eigenvalue weighted by molar-refractivity contribution is 5.97. The molecule has 2 aromatic carbocycles. The van der Waals surface area contributed by atoms with E-state index in [-0.39, 0.29) is 25.7 Å². The van der Waals surface area contributed by atoms with Gasteiger partial charge in [0.2, 0.25) is 17.7 Å².